The molecule has 0 radical (unpaired) electrons. The Kier molecular flexibility index (Phi) is 6.96. The minimum atomic E-state index is -1.23. The molecule has 0 saturated heterocycles. The zero-order valence-electron chi connectivity index (χ0n) is 19.1. The number of carbonyl (C=O) groups is 2. The summed E-state index contributed by atoms with van der Waals surface area (Å²) in [5, 5.41) is 14.2. The van der Waals surface area contributed by atoms with Gasteiger partial charge in [0.25, 0.3) is 17.4 Å². The Morgan fingerprint density at radius 2 is 1.57 bits per heavy atom. The van der Waals surface area contributed by atoms with Gasteiger partial charge in [0.05, 0.1) is 18.2 Å². The summed E-state index contributed by atoms with van der Waals surface area (Å²) >= 11 is 0. The monoisotopic (exact) mass is 469 g/mol. The maximum atomic E-state index is 13.3. The summed E-state index contributed by atoms with van der Waals surface area (Å²) in [6.45, 7) is 1.74. The minimum absolute atomic E-state index is 0.194. The van der Waals surface area contributed by atoms with Crippen molar-refractivity contribution >= 4 is 28.3 Å². The van der Waals surface area contributed by atoms with Crippen LogP contribution in [0.25, 0.3) is 10.8 Å². The molecule has 9 heteroatoms. The maximum Gasteiger partial charge on any atom is 0.272 e. The largest absolute Gasteiger partial charge is 0.497 e. The molecule has 1 aromatic heterocycles. The number of benzene rings is 3. The fourth-order valence-electron chi connectivity index (χ4n) is 3.52. The number of aromatic nitrogens is 2. The molecule has 1 atom stereocenters. The van der Waals surface area contributed by atoms with Gasteiger partial charge in [-0.05, 0) is 55.0 Å². The fourth-order valence-corrected chi connectivity index (χ4v) is 3.52. The summed E-state index contributed by atoms with van der Waals surface area (Å²) in [6.07, 6.45) is 0. The standard InChI is InChI=1S/C26H23N5O4/c1-16(17-12-14-19(35-2)15-13-17)28-31-26(34)23(27-24(32)18-8-4-3-5-9-18)22-20-10-6-7-11-21(20)25(33)30-29-22/h3-15,23H,1-2H3,(H,27,32)(H,30,33)(H,31,34)/b28-16-/t23-/m1/s1. The Balaban J connectivity index is 1.67. The molecule has 176 valence electrons. The number of methoxy groups -OCH3 is 1. The molecule has 1 heterocycles. The zero-order chi connectivity index (χ0) is 24.8. The number of nitrogens with one attached hydrogen (secondary N) is 3. The van der Waals surface area contributed by atoms with Gasteiger partial charge in [-0.15, -0.1) is 0 Å². The molecule has 2 amide bonds. The predicted octanol–water partition coefficient (Wildman–Crippen LogP) is 2.94. The van der Waals surface area contributed by atoms with Crippen molar-refractivity contribution in [1.82, 2.24) is 20.9 Å². The molecule has 0 bridgehead atoms. The highest BCUT2D eigenvalue weighted by molar-refractivity contribution is 6.01. The number of hydrogen-bond acceptors (Lipinski definition) is 6. The van der Waals surface area contributed by atoms with Crippen LogP contribution in [0.15, 0.2) is 88.8 Å². The number of rotatable bonds is 7. The lowest BCUT2D eigenvalue weighted by Gasteiger charge is -2.18. The van der Waals surface area contributed by atoms with E-state index in [4.69, 9.17) is 4.74 Å². The number of amides is 2. The zero-order valence-corrected chi connectivity index (χ0v) is 19.1. The molecule has 35 heavy (non-hydrogen) atoms. The van der Waals surface area contributed by atoms with Gasteiger partial charge in [0.1, 0.15) is 11.4 Å². The third-order valence-corrected chi connectivity index (χ3v) is 5.41. The van der Waals surface area contributed by atoms with E-state index < -0.39 is 23.4 Å². The Hall–Kier alpha value is -4.79. The Bertz CT molecular complexity index is 1450. The van der Waals surface area contributed by atoms with Gasteiger partial charge in [0, 0.05) is 10.9 Å². The van der Waals surface area contributed by atoms with E-state index in [1.807, 2.05) is 12.1 Å². The average Bonchev–Trinajstić information content (AvgIpc) is 2.91. The van der Waals surface area contributed by atoms with E-state index in [1.165, 1.54) is 0 Å². The van der Waals surface area contributed by atoms with E-state index in [0.717, 1.165) is 5.56 Å². The topological polar surface area (TPSA) is 126 Å². The maximum absolute atomic E-state index is 13.3. The summed E-state index contributed by atoms with van der Waals surface area (Å²) in [4.78, 5) is 38.5. The first-order valence-corrected chi connectivity index (χ1v) is 10.8. The van der Waals surface area contributed by atoms with Gasteiger partial charge in [-0.2, -0.15) is 10.2 Å². The number of ether oxygens (including phenoxy) is 1. The van der Waals surface area contributed by atoms with Crippen LogP contribution in [-0.2, 0) is 4.79 Å². The van der Waals surface area contributed by atoms with E-state index >= 15 is 0 Å². The quantitative estimate of drug-likeness (QED) is 0.283. The van der Waals surface area contributed by atoms with Gasteiger partial charge in [-0.1, -0.05) is 36.4 Å². The number of fused-ring (bicyclic) bond motifs is 1. The molecular weight excluding hydrogens is 446 g/mol. The van der Waals surface area contributed by atoms with Crippen LogP contribution < -0.4 is 21.0 Å². The first-order chi connectivity index (χ1) is 17.0. The molecule has 0 spiro atoms. The van der Waals surface area contributed by atoms with Crippen molar-refractivity contribution in [3.63, 3.8) is 0 Å². The SMILES string of the molecule is COc1ccc(/C(C)=N\NC(=O)[C@H](NC(=O)c2ccccc2)c2n[nH]c(=O)c3ccccc23)cc1. The van der Waals surface area contributed by atoms with Gasteiger partial charge < -0.3 is 10.1 Å². The smallest absolute Gasteiger partial charge is 0.272 e. The number of carbonyl (C=O) groups excluding carboxylic acids is 2. The first kappa shape index (κ1) is 23.4. The van der Waals surface area contributed by atoms with Crippen LogP contribution in [0.3, 0.4) is 0 Å². The number of H-pyrrole nitrogens is 1. The lowest BCUT2D eigenvalue weighted by Crippen LogP contribution is -2.40. The molecule has 0 fully saturated rings. The second kappa shape index (κ2) is 10.4. The van der Waals surface area contributed by atoms with Crippen molar-refractivity contribution < 1.29 is 14.3 Å². The first-order valence-electron chi connectivity index (χ1n) is 10.8. The summed E-state index contributed by atoms with van der Waals surface area (Å²) in [5.41, 5.74) is 4.01. The highest BCUT2D eigenvalue weighted by Gasteiger charge is 2.27. The Labute approximate surface area is 200 Å². The highest BCUT2D eigenvalue weighted by atomic mass is 16.5. The molecule has 0 saturated carbocycles. The summed E-state index contributed by atoms with van der Waals surface area (Å²) in [7, 11) is 1.58. The Morgan fingerprint density at radius 1 is 0.914 bits per heavy atom. The molecule has 0 unspecified atom stereocenters. The van der Waals surface area contributed by atoms with Gasteiger partial charge in [0.2, 0.25) is 0 Å². The van der Waals surface area contributed by atoms with Crippen molar-refractivity contribution in [2.75, 3.05) is 7.11 Å². The molecule has 4 rings (SSSR count). The Morgan fingerprint density at radius 3 is 2.26 bits per heavy atom. The van der Waals surface area contributed by atoms with E-state index in [9.17, 15) is 14.4 Å². The summed E-state index contributed by atoms with van der Waals surface area (Å²) in [6, 6.07) is 21.2. The van der Waals surface area contributed by atoms with Gasteiger partial charge >= 0.3 is 0 Å². The summed E-state index contributed by atoms with van der Waals surface area (Å²) in [5.74, 6) is -0.393. The van der Waals surface area contributed by atoms with Crippen molar-refractivity contribution in [3.05, 3.63) is 106 Å². The van der Waals surface area contributed by atoms with Crippen LogP contribution in [0.2, 0.25) is 0 Å². The van der Waals surface area contributed by atoms with E-state index in [1.54, 1.807) is 80.8 Å². The normalized spacial score (nSPS) is 12.1. The predicted molar refractivity (Wildman–Crippen MR) is 132 cm³/mol. The third-order valence-electron chi connectivity index (χ3n) is 5.41. The number of aromatic amines is 1. The van der Waals surface area contributed by atoms with Crippen LogP contribution >= 0.6 is 0 Å². The second-order valence-corrected chi connectivity index (χ2v) is 7.66. The van der Waals surface area contributed by atoms with E-state index in [0.29, 0.717) is 27.8 Å². The minimum Gasteiger partial charge on any atom is -0.497 e. The lowest BCUT2D eigenvalue weighted by atomic mass is 10.0. The van der Waals surface area contributed by atoms with Crippen LogP contribution in [0.1, 0.15) is 34.6 Å². The summed E-state index contributed by atoms with van der Waals surface area (Å²) < 4.78 is 5.16. The van der Waals surface area contributed by atoms with Gasteiger partial charge in [-0.25, -0.2) is 10.5 Å². The molecule has 3 N–H and O–H groups in total. The van der Waals surface area contributed by atoms with Crippen LogP contribution in [0.5, 0.6) is 5.75 Å². The van der Waals surface area contributed by atoms with Crippen LogP contribution in [0.4, 0.5) is 0 Å². The third kappa shape index (κ3) is 5.25. The van der Waals surface area contributed by atoms with Gasteiger partial charge in [0.15, 0.2) is 6.04 Å². The highest BCUT2D eigenvalue weighted by Crippen LogP contribution is 2.20. The molecule has 0 aliphatic rings. The fraction of sp³-hybridized carbons (Fsp3) is 0.115. The molecule has 9 nitrogen and oxygen atoms in total. The number of hydrazone groups is 1. The average molecular weight is 470 g/mol. The molecule has 0 aliphatic heterocycles. The van der Waals surface area contributed by atoms with E-state index in [-0.39, 0.29) is 5.69 Å². The van der Waals surface area contributed by atoms with E-state index in [2.05, 4.69) is 26.0 Å². The molecule has 3 aromatic carbocycles. The van der Waals surface area contributed by atoms with Crippen LogP contribution in [0, 0.1) is 0 Å². The molecular formula is C26H23N5O4. The van der Waals surface area contributed by atoms with Crippen molar-refractivity contribution in [2.45, 2.75) is 13.0 Å². The number of nitrogens with zero attached hydrogens (tertiary/aromatic N) is 2. The second-order valence-electron chi connectivity index (χ2n) is 7.66. The molecule has 4 aromatic rings. The van der Waals surface area contributed by atoms with Crippen molar-refractivity contribution in [1.29, 1.82) is 0 Å². The lowest BCUT2D eigenvalue weighted by molar-refractivity contribution is -0.123. The van der Waals surface area contributed by atoms with Gasteiger partial charge in [-0.3, -0.25) is 14.4 Å². The van der Waals surface area contributed by atoms with Crippen molar-refractivity contribution in [3.8, 4) is 5.75 Å². The van der Waals surface area contributed by atoms with Crippen LogP contribution in [-0.4, -0.2) is 34.8 Å². The molecule has 0 aliphatic carbocycles. The van der Waals surface area contributed by atoms with Crippen molar-refractivity contribution in [2.24, 2.45) is 5.10 Å². The number of hydrogen-bond donors (Lipinski definition) is 3.